The second-order valence-electron chi connectivity index (χ2n) is 13.3. The van der Waals surface area contributed by atoms with Crippen LogP contribution in [0.25, 0.3) is 27.0 Å². The average Bonchev–Trinajstić information content (AvgIpc) is 3.91. The van der Waals surface area contributed by atoms with Crippen molar-refractivity contribution in [3.05, 3.63) is 75.5 Å². The van der Waals surface area contributed by atoms with Gasteiger partial charge in [0.25, 0.3) is 0 Å². The smallest absolute Gasteiger partial charge is 0.388 e. The lowest BCUT2D eigenvalue weighted by atomic mass is 10.0. The number of nitrogens with zero attached hydrogens (tertiary/aromatic N) is 5. The number of benzene rings is 2. The highest BCUT2D eigenvalue weighted by molar-refractivity contribution is 7.18. The van der Waals surface area contributed by atoms with Crippen molar-refractivity contribution < 1.29 is 27.8 Å². The van der Waals surface area contributed by atoms with Gasteiger partial charge in [-0.1, -0.05) is 53.5 Å². The predicted molar refractivity (Wildman–Crippen MR) is 218 cm³/mol. The number of carbonyl (C=O) groups is 2. The van der Waals surface area contributed by atoms with E-state index < -0.39 is 6.61 Å². The molecule has 2 fully saturated rings. The van der Waals surface area contributed by atoms with E-state index in [1.807, 2.05) is 31.2 Å². The molecule has 1 amide bonds. The van der Waals surface area contributed by atoms with Gasteiger partial charge >= 0.3 is 12.6 Å². The number of amides is 1. The molecule has 0 bridgehead atoms. The number of halogens is 4. The van der Waals surface area contributed by atoms with Gasteiger partial charge in [-0.2, -0.15) is 8.78 Å². The first-order valence-electron chi connectivity index (χ1n) is 18.3. The Kier molecular flexibility index (Phi) is 14.4. The van der Waals surface area contributed by atoms with E-state index in [9.17, 15) is 18.4 Å². The zero-order chi connectivity index (χ0) is 39.6. The first kappa shape index (κ1) is 41.1. The van der Waals surface area contributed by atoms with Gasteiger partial charge in [0.05, 0.1) is 45.5 Å². The zero-order valence-electron chi connectivity index (χ0n) is 30.7. The third kappa shape index (κ3) is 10.6. The van der Waals surface area contributed by atoms with Crippen LogP contribution in [0.2, 0.25) is 10.0 Å². The molecular formula is C39H42Cl2F2N8O4S. The number of ether oxygens (including phenoxy) is 2. The number of fused-ring (bicyclic) bond motifs is 1. The number of aliphatic imine (C=N–C) groups is 2. The van der Waals surface area contributed by atoms with Gasteiger partial charge in [0.1, 0.15) is 10.5 Å². The fraction of sp³-hybridized carbons (Fsp3) is 0.385. The Morgan fingerprint density at radius 2 is 1.98 bits per heavy atom. The number of hydrogen-bond donors (Lipinski definition) is 3. The monoisotopic (exact) mass is 826 g/mol. The molecule has 0 spiro atoms. The van der Waals surface area contributed by atoms with Crippen LogP contribution in [0.5, 0.6) is 0 Å². The SMILES string of the molecule is C=N/C=C(\N=C(/CCNCC1CCC(=O)N1)OC(F)F)c1cccc(-c2cccc(Nc3nccc4sc(CN5CCC(CC(=O)OCC)C5)nc34)c2Cl)c1Cl. The molecule has 2 aromatic heterocycles. The number of hydrogen-bond acceptors (Lipinski definition) is 12. The molecule has 2 aliphatic rings. The minimum atomic E-state index is -3.10. The summed E-state index contributed by atoms with van der Waals surface area (Å²) in [5.41, 5.74) is 3.00. The summed E-state index contributed by atoms with van der Waals surface area (Å²) < 4.78 is 37.8. The quantitative estimate of drug-likeness (QED) is 0.0417. The molecule has 2 atom stereocenters. The van der Waals surface area contributed by atoms with Crippen molar-refractivity contribution in [3.63, 3.8) is 0 Å². The second kappa shape index (κ2) is 19.6. The molecule has 2 unspecified atom stereocenters. The molecule has 4 heterocycles. The van der Waals surface area contributed by atoms with Crippen molar-refractivity contribution in [1.29, 1.82) is 0 Å². The van der Waals surface area contributed by atoms with Crippen molar-refractivity contribution in [1.82, 2.24) is 25.5 Å². The summed E-state index contributed by atoms with van der Waals surface area (Å²) >= 11 is 15.7. The zero-order valence-corrected chi connectivity index (χ0v) is 33.0. The molecule has 2 aliphatic heterocycles. The third-order valence-electron chi connectivity index (χ3n) is 9.33. The fourth-order valence-corrected chi connectivity index (χ4v) is 8.36. The maximum Gasteiger partial charge on any atom is 0.388 e. The average molecular weight is 828 g/mol. The summed E-state index contributed by atoms with van der Waals surface area (Å²) in [5, 5.41) is 10.9. The van der Waals surface area contributed by atoms with Crippen LogP contribution in [0.4, 0.5) is 20.3 Å². The maximum atomic E-state index is 13.5. The Bertz CT molecular complexity index is 2120. The van der Waals surface area contributed by atoms with Gasteiger partial charge < -0.3 is 25.4 Å². The van der Waals surface area contributed by atoms with Crippen molar-refractivity contribution in [2.75, 3.05) is 38.1 Å². The number of rotatable bonds is 17. The molecule has 3 N–H and O–H groups in total. The minimum absolute atomic E-state index is 0.00680. The Morgan fingerprint density at radius 3 is 2.73 bits per heavy atom. The van der Waals surface area contributed by atoms with Gasteiger partial charge in [-0.25, -0.2) is 15.0 Å². The Morgan fingerprint density at radius 1 is 1.18 bits per heavy atom. The lowest BCUT2D eigenvalue weighted by Crippen LogP contribution is -2.36. The van der Waals surface area contributed by atoms with E-state index >= 15 is 0 Å². The van der Waals surface area contributed by atoms with Crippen LogP contribution in [0.15, 0.2) is 64.8 Å². The first-order valence-corrected chi connectivity index (χ1v) is 19.8. The van der Waals surface area contributed by atoms with Crippen LogP contribution < -0.4 is 16.0 Å². The molecule has 12 nitrogen and oxygen atoms in total. The molecule has 2 saturated heterocycles. The van der Waals surface area contributed by atoms with Crippen LogP contribution >= 0.6 is 34.5 Å². The molecule has 4 aromatic rings. The molecule has 0 radical (unpaired) electrons. The van der Waals surface area contributed by atoms with Gasteiger partial charge in [-0.05, 0) is 51.1 Å². The highest BCUT2D eigenvalue weighted by Crippen LogP contribution is 2.42. The number of thiazole rings is 1. The van der Waals surface area contributed by atoms with Crippen LogP contribution in [0, 0.1) is 5.92 Å². The number of carbonyl (C=O) groups excluding carboxylic acids is 2. The van der Waals surface area contributed by atoms with Gasteiger partial charge in [-0.15, -0.1) is 11.3 Å². The summed E-state index contributed by atoms with van der Waals surface area (Å²) in [6.07, 6.45) is 5.61. The molecule has 296 valence electrons. The van der Waals surface area contributed by atoms with Crippen LogP contribution in [-0.2, 0) is 25.6 Å². The van der Waals surface area contributed by atoms with E-state index in [0.717, 1.165) is 29.2 Å². The second-order valence-corrected chi connectivity index (χ2v) is 15.2. The van der Waals surface area contributed by atoms with Crippen molar-refractivity contribution in [2.24, 2.45) is 15.9 Å². The predicted octanol–water partition coefficient (Wildman–Crippen LogP) is 8.08. The van der Waals surface area contributed by atoms with Crippen LogP contribution in [0.1, 0.15) is 49.6 Å². The lowest BCUT2D eigenvalue weighted by molar-refractivity contribution is -0.144. The van der Waals surface area contributed by atoms with Crippen LogP contribution in [-0.4, -0.2) is 84.8 Å². The lowest BCUT2D eigenvalue weighted by Gasteiger charge is -2.16. The molecular weight excluding hydrogens is 785 g/mol. The molecule has 56 heavy (non-hydrogen) atoms. The van der Waals surface area contributed by atoms with Crippen LogP contribution in [0.3, 0.4) is 0 Å². The number of esters is 1. The summed E-state index contributed by atoms with van der Waals surface area (Å²) in [7, 11) is 0. The highest BCUT2D eigenvalue weighted by Gasteiger charge is 2.26. The van der Waals surface area contributed by atoms with Gasteiger partial charge in [0, 0.05) is 67.8 Å². The summed E-state index contributed by atoms with van der Waals surface area (Å²) in [4.78, 5) is 43.6. The van der Waals surface area contributed by atoms with E-state index in [0.29, 0.717) is 77.7 Å². The fourth-order valence-electron chi connectivity index (χ4n) is 6.76. The van der Waals surface area contributed by atoms with Gasteiger partial charge in [-0.3, -0.25) is 19.5 Å². The summed E-state index contributed by atoms with van der Waals surface area (Å²) in [5.74, 6) is 0.418. The maximum absolute atomic E-state index is 13.5. The van der Waals surface area contributed by atoms with Gasteiger partial charge in [0.2, 0.25) is 5.91 Å². The van der Waals surface area contributed by atoms with E-state index in [4.69, 9.17) is 37.7 Å². The third-order valence-corrected chi connectivity index (χ3v) is 11.2. The topological polar surface area (TPSA) is 142 Å². The van der Waals surface area contributed by atoms with Crippen molar-refractivity contribution >= 4 is 86.4 Å². The number of likely N-dealkylation sites (tertiary alicyclic amines) is 1. The van der Waals surface area contributed by atoms with Crippen molar-refractivity contribution in [3.8, 4) is 11.1 Å². The summed E-state index contributed by atoms with van der Waals surface area (Å²) in [6, 6.07) is 12.6. The standard InChI is InChI=1S/C39H42Cl2F2N8O4S/c1-3-54-34(53)18-23-14-17-51(21-23)22-33-50-37-30(56-33)12-16-46-38(37)49-28-9-5-7-26(36(28)41)25-6-4-8-27(35(25)40)29(20-44-2)48-32(55-39(42)43)13-15-45-19-24-10-11-31(52)47-24/h4-9,12,16,20,23-24,39,45H,2-3,10-11,13-15,17-19,21-22H2,1H3,(H,46,49)(H,47,52)/b29-20-,48-32+. The number of alkyl halides is 2. The number of aromatic nitrogens is 2. The van der Waals surface area contributed by atoms with E-state index in [1.54, 1.807) is 35.7 Å². The largest absolute Gasteiger partial charge is 0.466 e. The molecule has 17 heteroatoms. The number of pyridine rings is 1. The first-order chi connectivity index (χ1) is 27.1. The number of anilines is 2. The van der Waals surface area contributed by atoms with E-state index in [-0.39, 0.29) is 53.4 Å². The van der Waals surface area contributed by atoms with Gasteiger partial charge in [0.15, 0.2) is 11.7 Å². The minimum Gasteiger partial charge on any atom is -0.466 e. The van der Waals surface area contributed by atoms with E-state index in [2.05, 4.69) is 42.5 Å². The van der Waals surface area contributed by atoms with E-state index in [1.165, 1.54) is 6.20 Å². The summed E-state index contributed by atoms with van der Waals surface area (Å²) in [6.45, 7) is 5.76. The Balaban J connectivity index is 1.19. The molecule has 0 aliphatic carbocycles. The Labute approximate surface area is 337 Å². The molecule has 2 aromatic carbocycles. The molecule has 6 rings (SSSR count). The van der Waals surface area contributed by atoms with Crippen molar-refractivity contribution in [2.45, 2.75) is 58.2 Å². The number of nitrogens with one attached hydrogen (secondary N) is 3. The normalized spacial score (nSPS) is 17.8. The highest BCUT2D eigenvalue weighted by atomic mass is 35.5. The Hall–Kier alpha value is -4.54. The molecule has 0 saturated carbocycles.